The Bertz CT molecular complexity index is 314. The van der Waals surface area contributed by atoms with Crippen LogP contribution >= 0.6 is 15.9 Å². The molecule has 1 saturated heterocycles. The standard InChI is InChI=1S/C11H15BrN2/c1-2-10-7-11(3-5-13-10)14-6-4-9(12)8-14/h3,5,7,9H,2,4,6,8H2,1H3. The first-order chi connectivity index (χ1) is 6.79. The predicted molar refractivity (Wildman–Crippen MR) is 63.2 cm³/mol. The quantitative estimate of drug-likeness (QED) is 0.755. The largest absolute Gasteiger partial charge is 0.370 e. The highest BCUT2D eigenvalue weighted by molar-refractivity contribution is 9.09. The molecule has 1 fully saturated rings. The van der Waals surface area contributed by atoms with Crippen molar-refractivity contribution in [2.24, 2.45) is 0 Å². The fourth-order valence-electron chi connectivity index (χ4n) is 1.81. The number of anilines is 1. The normalized spacial score (nSPS) is 21.6. The summed E-state index contributed by atoms with van der Waals surface area (Å²) in [5.41, 5.74) is 2.50. The lowest BCUT2D eigenvalue weighted by molar-refractivity contribution is 0.951. The minimum Gasteiger partial charge on any atom is -0.370 e. The molecular weight excluding hydrogens is 240 g/mol. The van der Waals surface area contributed by atoms with Crippen LogP contribution in [0.3, 0.4) is 0 Å². The third-order valence-electron chi connectivity index (χ3n) is 2.66. The van der Waals surface area contributed by atoms with E-state index in [1.807, 2.05) is 6.20 Å². The van der Waals surface area contributed by atoms with E-state index in [0.29, 0.717) is 4.83 Å². The molecule has 3 heteroatoms. The number of aromatic nitrogens is 1. The Morgan fingerprint density at radius 1 is 1.64 bits per heavy atom. The van der Waals surface area contributed by atoms with Gasteiger partial charge in [0.25, 0.3) is 0 Å². The van der Waals surface area contributed by atoms with Crippen molar-refractivity contribution in [2.45, 2.75) is 24.6 Å². The second kappa shape index (κ2) is 4.30. The molecule has 0 saturated carbocycles. The molecule has 0 aromatic carbocycles. The second-order valence-corrected chi connectivity index (χ2v) is 4.99. The zero-order valence-electron chi connectivity index (χ0n) is 8.41. The first-order valence-electron chi connectivity index (χ1n) is 5.13. The van der Waals surface area contributed by atoms with E-state index in [1.165, 1.54) is 17.8 Å². The van der Waals surface area contributed by atoms with Gasteiger partial charge in [0, 0.05) is 35.5 Å². The van der Waals surface area contributed by atoms with Gasteiger partial charge in [0.1, 0.15) is 0 Å². The molecule has 2 nitrogen and oxygen atoms in total. The van der Waals surface area contributed by atoms with Crippen molar-refractivity contribution in [1.29, 1.82) is 0 Å². The van der Waals surface area contributed by atoms with Gasteiger partial charge in [0.2, 0.25) is 0 Å². The Kier molecular flexibility index (Phi) is 3.06. The molecule has 1 atom stereocenters. The first kappa shape index (κ1) is 9.97. The van der Waals surface area contributed by atoms with Crippen molar-refractivity contribution >= 4 is 21.6 Å². The maximum atomic E-state index is 4.31. The molecule has 1 aromatic heterocycles. The SMILES string of the molecule is CCc1cc(N2CCC(Br)C2)ccn1. The average molecular weight is 255 g/mol. The van der Waals surface area contributed by atoms with E-state index in [2.05, 4.69) is 44.9 Å². The second-order valence-electron chi connectivity index (χ2n) is 3.69. The number of hydrogen-bond acceptors (Lipinski definition) is 2. The first-order valence-corrected chi connectivity index (χ1v) is 6.05. The highest BCUT2D eigenvalue weighted by atomic mass is 79.9. The minimum absolute atomic E-state index is 0.653. The van der Waals surface area contributed by atoms with Gasteiger partial charge in [-0.05, 0) is 25.0 Å². The molecule has 1 aromatic rings. The molecule has 1 unspecified atom stereocenters. The van der Waals surface area contributed by atoms with Crippen LogP contribution in [0.4, 0.5) is 5.69 Å². The number of nitrogens with zero attached hydrogens (tertiary/aromatic N) is 2. The maximum Gasteiger partial charge on any atom is 0.0421 e. The lowest BCUT2D eigenvalue weighted by Crippen LogP contribution is -2.19. The Labute approximate surface area is 93.5 Å². The van der Waals surface area contributed by atoms with Gasteiger partial charge in [-0.2, -0.15) is 0 Å². The monoisotopic (exact) mass is 254 g/mol. The van der Waals surface area contributed by atoms with Gasteiger partial charge >= 0.3 is 0 Å². The summed E-state index contributed by atoms with van der Waals surface area (Å²) in [4.78, 5) is 7.38. The molecule has 76 valence electrons. The highest BCUT2D eigenvalue weighted by Crippen LogP contribution is 2.23. The Morgan fingerprint density at radius 2 is 2.50 bits per heavy atom. The van der Waals surface area contributed by atoms with Crippen LogP contribution in [-0.4, -0.2) is 22.9 Å². The number of pyridine rings is 1. The number of aryl methyl sites for hydroxylation is 1. The van der Waals surface area contributed by atoms with Gasteiger partial charge in [-0.1, -0.05) is 22.9 Å². The number of alkyl halides is 1. The van der Waals surface area contributed by atoms with E-state index in [1.54, 1.807) is 0 Å². The fourth-order valence-corrected chi connectivity index (χ4v) is 2.36. The van der Waals surface area contributed by atoms with Crippen LogP contribution < -0.4 is 4.90 Å². The molecular formula is C11H15BrN2. The van der Waals surface area contributed by atoms with Gasteiger partial charge in [-0.15, -0.1) is 0 Å². The summed E-state index contributed by atoms with van der Waals surface area (Å²) < 4.78 is 0. The third-order valence-corrected chi connectivity index (χ3v) is 3.41. The van der Waals surface area contributed by atoms with Crippen LogP contribution in [0.25, 0.3) is 0 Å². The van der Waals surface area contributed by atoms with E-state index >= 15 is 0 Å². The van der Waals surface area contributed by atoms with Crippen molar-refractivity contribution in [1.82, 2.24) is 4.98 Å². The molecule has 0 N–H and O–H groups in total. The zero-order chi connectivity index (χ0) is 9.97. The zero-order valence-corrected chi connectivity index (χ0v) is 10.00. The summed E-state index contributed by atoms with van der Waals surface area (Å²) in [5, 5.41) is 0. The highest BCUT2D eigenvalue weighted by Gasteiger charge is 2.20. The molecule has 0 bridgehead atoms. The van der Waals surface area contributed by atoms with Crippen LogP contribution in [0.15, 0.2) is 18.3 Å². The van der Waals surface area contributed by atoms with Crippen molar-refractivity contribution in [3.05, 3.63) is 24.0 Å². The molecule has 0 amide bonds. The van der Waals surface area contributed by atoms with Crippen LogP contribution in [0, 0.1) is 0 Å². The van der Waals surface area contributed by atoms with E-state index < -0.39 is 0 Å². The van der Waals surface area contributed by atoms with Crippen LogP contribution in [-0.2, 0) is 6.42 Å². The summed E-state index contributed by atoms with van der Waals surface area (Å²) in [5.74, 6) is 0. The molecule has 2 rings (SSSR count). The molecule has 14 heavy (non-hydrogen) atoms. The molecule has 0 spiro atoms. The molecule has 2 heterocycles. The van der Waals surface area contributed by atoms with Crippen molar-refractivity contribution < 1.29 is 0 Å². The molecule has 0 aliphatic carbocycles. The van der Waals surface area contributed by atoms with Crippen LogP contribution in [0.1, 0.15) is 19.0 Å². The fraction of sp³-hybridized carbons (Fsp3) is 0.545. The number of hydrogen-bond donors (Lipinski definition) is 0. The Hall–Kier alpha value is -0.570. The van der Waals surface area contributed by atoms with Crippen molar-refractivity contribution in [2.75, 3.05) is 18.0 Å². The molecule has 1 aliphatic heterocycles. The lowest BCUT2D eigenvalue weighted by atomic mass is 10.2. The summed E-state index contributed by atoms with van der Waals surface area (Å²) in [7, 11) is 0. The van der Waals surface area contributed by atoms with Crippen LogP contribution in [0.5, 0.6) is 0 Å². The number of halogens is 1. The Morgan fingerprint density at radius 3 is 3.14 bits per heavy atom. The van der Waals surface area contributed by atoms with E-state index in [9.17, 15) is 0 Å². The van der Waals surface area contributed by atoms with E-state index in [4.69, 9.17) is 0 Å². The van der Waals surface area contributed by atoms with Gasteiger partial charge in [-0.25, -0.2) is 0 Å². The van der Waals surface area contributed by atoms with Crippen molar-refractivity contribution in [3.8, 4) is 0 Å². The topological polar surface area (TPSA) is 16.1 Å². The average Bonchev–Trinajstić information content (AvgIpc) is 2.65. The van der Waals surface area contributed by atoms with Gasteiger partial charge in [0.15, 0.2) is 0 Å². The lowest BCUT2D eigenvalue weighted by Gasteiger charge is -2.18. The van der Waals surface area contributed by atoms with Gasteiger partial charge in [-0.3, -0.25) is 4.98 Å². The smallest absolute Gasteiger partial charge is 0.0421 e. The summed E-state index contributed by atoms with van der Waals surface area (Å²) in [6.45, 7) is 4.42. The van der Waals surface area contributed by atoms with Gasteiger partial charge < -0.3 is 4.90 Å². The summed E-state index contributed by atoms with van der Waals surface area (Å²) in [6.07, 6.45) is 4.17. The van der Waals surface area contributed by atoms with Crippen molar-refractivity contribution in [3.63, 3.8) is 0 Å². The third kappa shape index (κ3) is 2.08. The molecule has 0 radical (unpaired) electrons. The Balaban J connectivity index is 2.15. The summed E-state index contributed by atoms with van der Waals surface area (Å²) in [6, 6.07) is 4.30. The van der Waals surface area contributed by atoms with E-state index in [0.717, 1.165) is 19.5 Å². The summed E-state index contributed by atoms with van der Waals surface area (Å²) >= 11 is 3.65. The maximum absolute atomic E-state index is 4.31. The minimum atomic E-state index is 0.653. The van der Waals surface area contributed by atoms with Gasteiger partial charge in [0.05, 0.1) is 0 Å². The number of rotatable bonds is 2. The molecule has 1 aliphatic rings. The van der Waals surface area contributed by atoms with E-state index in [-0.39, 0.29) is 0 Å². The van der Waals surface area contributed by atoms with Crippen LogP contribution in [0.2, 0.25) is 0 Å². The predicted octanol–water partition coefficient (Wildman–Crippen LogP) is 2.62.